The third-order valence-electron chi connectivity index (χ3n) is 4.27. The van der Waals surface area contributed by atoms with Gasteiger partial charge in [0.2, 0.25) is 5.95 Å². The van der Waals surface area contributed by atoms with Crippen molar-refractivity contribution in [2.24, 2.45) is 17.5 Å². The number of hydrogen-bond donors (Lipinski definition) is 4. The fourth-order valence-corrected chi connectivity index (χ4v) is 2.83. The van der Waals surface area contributed by atoms with Crippen LogP contribution in [0.3, 0.4) is 0 Å². The number of amides is 1. The number of aromatic nitrogens is 2. The van der Waals surface area contributed by atoms with Gasteiger partial charge in [0.15, 0.2) is 17.3 Å². The van der Waals surface area contributed by atoms with Gasteiger partial charge in [0.1, 0.15) is 17.9 Å². The fourth-order valence-electron chi connectivity index (χ4n) is 2.83. The first kappa shape index (κ1) is 22.7. The minimum absolute atomic E-state index is 0.0919. The minimum Gasteiger partial charge on any atom is -0.493 e. The maximum atomic E-state index is 12.5. The van der Waals surface area contributed by atoms with Crippen molar-refractivity contribution in [1.82, 2.24) is 9.97 Å². The first-order valence-corrected chi connectivity index (χ1v) is 9.14. The number of hydrogen-bond acceptors (Lipinski definition) is 9. The van der Waals surface area contributed by atoms with E-state index in [0.29, 0.717) is 29.9 Å². The zero-order valence-electron chi connectivity index (χ0n) is 17.3. The van der Waals surface area contributed by atoms with E-state index in [4.69, 9.17) is 21.1 Å². The summed E-state index contributed by atoms with van der Waals surface area (Å²) in [6.45, 7) is 3.86. The summed E-state index contributed by atoms with van der Waals surface area (Å²) in [5, 5.41) is 3.93. The van der Waals surface area contributed by atoms with E-state index in [2.05, 4.69) is 15.3 Å². The van der Waals surface area contributed by atoms with Gasteiger partial charge in [-0.15, -0.1) is 0 Å². The molecule has 30 heavy (non-hydrogen) atoms. The van der Waals surface area contributed by atoms with E-state index < -0.39 is 17.5 Å². The molecular formula is C19H26N6O5. The van der Waals surface area contributed by atoms with Crippen molar-refractivity contribution in [2.45, 2.75) is 26.3 Å². The van der Waals surface area contributed by atoms with Crippen molar-refractivity contribution in [1.29, 1.82) is 0 Å². The number of rotatable bonds is 10. The first-order valence-electron chi connectivity index (χ1n) is 9.14. The number of nitrogens with zero attached hydrogens (tertiary/aromatic N) is 2. The molecule has 162 valence electrons. The molecule has 0 aliphatic heterocycles. The lowest BCUT2D eigenvalue weighted by atomic mass is 10.0. The number of carbonyl (C=O) groups excluding carboxylic acids is 2. The minimum atomic E-state index is -0.976. The summed E-state index contributed by atoms with van der Waals surface area (Å²) < 4.78 is 10.4. The van der Waals surface area contributed by atoms with Crippen LogP contribution in [-0.2, 0) is 4.79 Å². The smallest absolute Gasteiger partial charge is 0.267 e. The van der Waals surface area contributed by atoms with Gasteiger partial charge in [-0.3, -0.25) is 19.6 Å². The standard InChI is InChI=1S/C19H26N6O5/c1-10(2)7-12(9-26)25(21)19-23-17(15(16(20)27)18(28)24-19)22-11-5-6-13(29-3)14(8-11)30-4/h5-6,8-10,12H,7,21H2,1-4H3,(H2,20,27)(H2,22,23,24,28)/t12-/m1/s1. The van der Waals surface area contributed by atoms with Crippen LogP contribution in [0.25, 0.3) is 0 Å². The van der Waals surface area contributed by atoms with E-state index in [0.717, 1.165) is 5.01 Å². The molecule has 0 saturated heterocycles. The van der Waals surface area contributed by atoms with Gasteiger partial charge in [-0.25, -0.2) is 5.84 Å². The molecule has 11 heteroatoms. The second-order valence-electron chi connectivity index (χ2n) is 6.91. The average molecular weight is 418 g/mol. The Balaban J connectivity index is 2.51. The normalized spacial score (nSPS) is 11.7. The number of primary amides is 1. The van der Waals surface area contributed by atoms with Crippen LogP contribution in [0.5, 0.6) is 11.5 Å². The molecule has 0 fully saturated rings. The molecule has 11 nitrogen and oxygen atoms in total. The van der Waals surface area contributed by atoms with Crippen LogP contribution in [0.4, 0.5) is 17.5 Å². The average Bonchev–Trinajstić information content (AvgIpc) is 2.70. The van der Waals surface area contributed by atoms with E-state index in [9.17, 15) is 14.4 Å². The van der Waals surface area contributed by atoms with Gasteiger partial charge in [0, 0.05) is 11.8 Å². The summed E-state index contributed by atoms with van der Waals surface area (Å²) in [6, 6.07) is 4.15. The Morgan fingerprint density at radius 2 is 1.97 bits per heavy atom. The van der Waals surface area contributed by atoms with Crippen LogP contribution in [0.15, 0.2) is 23.0 Å². The molecular weight excluding hydrogens is 392 g/mol. The molecule has 0 aliphatic carbocycles. The molecule has 0 saturated carbocycles. The highest BCUT2D eigenvalue weighted by Gasteiger charge is 2.23. The lowest BCUT2D eigenvalue weighted by Crippen LogP contribution is -2.45. The van der Waals surface area contributed by atoms with Crippen molar-refractivity contribution < 1.29 is 19.1 Å². The predicted octanol–water partition coefficient (Wildman–Crippen LogP) is 0.923. The summed E-state index contributed by atoms with van der Waals surface area (Å²) in [6.07, 6.45) is 1.11. The highest BCUT2D eigenvalue weighted by molar-refractivity contribution is 5.98. The number of ether oxygens (including phenoxy) is 2. The van der Waals surface area contributed by atoms with Crippen molar-refractivity contribution in [3.8, 4) is 11.5 Å². The second-order valence-corrected chi connectivity index (χ2v) is 6.91. The summed E-state index contributed by atoms with van der Waals surface area (Å²) >= 11 is 0. The Kier molecular flexibility index (Phi) is 7.37. The summed E-state index contributed by atoms with van der Waals surface area (Å²) in [5.41, 5.74) is 4.65. The zero-order valence-corrected chi connectivity index (χ0v) is 17.3. The first-order chi connectivity index (χ1) is 14.2. The molecule has 1 aromatic heterocycles. The summed E-state index contributed by atoms with van der Waals surface area (Å²) in [5.74, 6) is 5.94. The van der Waals surface area contributed by atoms with E-state index in [1.165, 1.54) is 14.2 Å². The molecule has 0 spiro atoms. The third-order valence-corrected chi connectivity index (χ3v) is 4.27. The lowest BCUT2D eigenvalue weighted by Gasteiger charge is -2.25. The second kappa shape index (κ2) is 9.74. The van der Waals surface area contributed by atoms with Crippen molar-refractivity contribution in [3.63, 3.8) is 0 Å². The number of carbonyl (C=O) groups is 2. The highest BCUT2D eigenvalue weighted by Crippen LogP contribution is 2.31. The number of benzene rings is 1. The van der Waals surface area contributed by atoms with Crippen molar-refractivity contribution >= 4 is 29.6 Å². The van der Waals surface area contributed by atoms with Gasteiger partial charge in [-0.1, -0.05) is 13.8 Å². The molecule has 1 heterocycles. The number of aromatic amines is 1. The number of H-pyrrole nitrogens is 1. The van der Waals surface area contributed by atoms with Crippen LogP contribution in [0.1, 0.15) is 30.6 Å². The maximum Gasteiger partial charge on any atom is 0.267 e. The molecule has 2 aromatic rings. The van der Waals surface area contributed by atoms with Crippen LogP contribution in [0.2, 0.25) is 0 Å². The molecule has 1 atom stereocenters. The Morgan fingerprint density at radius 1 is 1.30 bits per heavy atom. The lowest BCUT2D eigenvalue weighted by molar-refractivity contribution is -0.109. The summed E-state index contributed by atoms with van der Waals surface area (Å²) in [4.78, 5) is 42.4. The molecule has 0 aliphatic rings. The predicted molar refractivity (Wildman–Crippen MR) is 112 cm³/mol. The van der Waals surface area contributed by atoms with Gasteiger partial charge < -0.3 is 25.3 Å². The van der Waals surface area contributed by atoms with E-state index in [1.54, 1.807) is 18.2 Å². The Labute approximate surface area is 173 Å². The van der Waals surface area contributed by atoms with Crippen LogP contribution >= 0.6 is 0 Å². The van der Waals surface area contributed by atoms with Crippen LogP contribution in [-0.4, -0.2) is 42.4 Å². The van der Waals surface area contributed by atoms with Gasteiger partial charge in [0.25, 0.3) is 11.5 Å². The Bertz CT molecular complexity index is 974. The number of aldehydes is 1. The fraction of sp³-hybridized carbons (Fsp3) is 0.368. The third kappa shape index (κ3) is 5.06. The van der Waals surface area contributed by atoms with Gasteiger partial charge >= 0.3 is 0 Å². The molecule has 0 radical (unpaired) electrons. The van der Waals surface area contributed by atoms with Crippen LogP contribution < -0.4 is 36.9 Å². The number of methoxy groups -OCH3 is 2. The number of nitrogens with two attached hydrogens (primary N) is 2. The number of anilines is 3. The van der Waals surface area contributed by atoms with Gasteiger partial charge in [-0.2, -0.15) is 4.98 Å². The highest BCUT2D eigenvalue weighted by atomic mass is 16.5. The quantitative estimate of drug-likeness (QED) is 0.249. The Hall–Kier alpha value is -3.60. The van der Waals surface area contributed by atoms with E-state index in [1.807, 2.05) is 13.8 Å². The largest absolute Gasteiger partial charge is 0.493 e. The number of nitrogens with one attached hydrogen (secondary N) is 2. The SMILES string of the molecule is COc1ccc(Nc2nc(N(N)[C@@H](C=O)CC(C)C)[nH]c(=O)c2C(N)=O)cc1OC. The van der Waals surface area contributed by atoms with Crippen LogP contribution in [0, 0.1) is 5.92 Å². The molecule has 1 amide bonds. The summed E-state index contributed by atoms with van der Waals surface area (Å²) in [7, 11) is 2.97. The molecule has 0 bridgehead atoms. The molecule has 1 aromatic carbocycles. The Morgan fingerprint density at radius 3 is 2.50 bits per heavy atom. The van der Waals surface area contributed by atoms with E-state index in [-0.39, 0.29) is 23.2 Å². The molecule has 6 N–H and O–H groups in total. The van der Waals surface area contributed by atoms with Crippen molar-refractivity contribution in [2.75, 3.05) is 24.5 Å². The topological polar surface area (TPSA) is 166 Å². The maximum absolute atomic E-state index is 12.5. The van der Waals surface area contributed by atoms with Gasteiger partial charge in [0.05, 0.1) is 14.2 Å². The monoisotopic (exact) mass is 418 g/mol. The molecule has 0 unspecified atom stereocenters. The zero-order chi connectivity index (χ0) is 22.4. The van der Waals surface area contributed by atoms with Gasteiger partial charge in [-0.05, 0) is 24.5 Å². The van der Waals surface area contributed by atoms with Crippen molar-refractivity contribution in [3.05, 3.63) is 34.1 Å². The molecule has 2 rings (SSSR count). The van der Waals surface area contributed by atoms with E-state index >= 15 is 0 Å². The number of hydrazine groups is 1.